The Morgan fingerprint density at radius 2 is 2.00 bits per heavy atom. The van der Waals surface area contributed by atoms with Gasteiger partial charge in [-0.1, -0.05) is 12.1 Å². The van der Waals surface area contributed by atoms with Gasteiger partial charge in [-0.25, -0.2) is 9.07 Å². The van der Waals surface area contributed by atoms with Crippen LogP contribution >= 0.6 is 0 Å². The molecule has 0 spiro atoms. The van der Waals surface area contributed by atoms with Gasteiger partial charge < -0.3 is 5.73 Å². The van der Waals surface area contributed by atoms with Crippen LogP contribution in [-0.2, 0) is 12.6 Å². The fourth-order valence-corrected chi connectivity index (χ4v) is 1.69. The van der Waals surface area contributed by atoms with Gasteiger partial charge >= 0.3 is 6.18 Å². The SMILES string of the molecule is CCc1c(N)nnn1-c1cc(C(F)(F)F)ccc1F. The minimum Gasteiger partial charge on any atom is -0.381 e. The van der Waals surface area contributed by atoms with Gasteiger partial charge in [0.2, 0.25) is 0 Å². The molecule has 0 unspecified atom stereocenters. The van der Waals surface area contributed by atoms with E-state index in [1.807, 2.05) is 0 Å². The Hall–Kier alpha value is -2.12. The van der Waals surface area contributed by atoms with E-state index in [1.54, 1.807) is 6.92 Å². The van der Waals surface area contributed by atoms with E-state index in [0.29, 0.717) is 24.2 Å². The number of halogens is 4. The molecule has 0 aliphatic carbocycles. The monoisotopic (exact) mass is 274 g/mol. The van der Waals surface area contributed by atoms with Crippen LogP contribution < -0.4 is 5.73 Å². The average Bonchev–Trinajstić information content (AvgIpc) is 2.69. The Kier molecular flexibility index (Phi) is 3.17. The molecule has 0 saturated heterocycles. The summed E-state index contributed by atoms with van der Waals surface area (Å²) >= 11 is 0. The molecule has 1 aromatic carbocycles. The van der Waals surface area contributed by atoms with E-state index in [1.165, 1.54) is 0 Å². The maximum atomic E-state index is 13.7. The summed E-state index contributed by atoms with van der Waals surface area (Å²) in [5, 5.41) is 7.11. The van der Waals surface area contributed by atoms with Crippen LogP contribution in [0.2, 0.25) is 0 Å². The van der Waals surface area contributed by atoms with Gasteiger partial charge in [-0.2, -0.15) is 13.2 Å². The molecular weight excluding hydrogens is 264 g/mol. The van der Waals surface area contributed by atoms with Gasteiger partial charge in [-0.05, 0) is 24.6 Å². The second kappa shape index (κ2) is 4.52. The summed E-state index contributed by atoms with van der Waals surface area (Å²) in [5.74, 6) is -0.757. The zero-order valence-electron chi connectivity index (χ0n) is 9.87. The van der Waals surface area contributed by atoms with Crippen LogP contribution in [0.1, 0.15) is 18.2 Å². The highest BCUT2D eigenvalue weighted by atomic mass is 19.4. The van der Waals surface area contributed by atoms with E-state index in [0.717, 1.165) is 10.7 Å². The van der Waals surface area contributed by atoms with Gasteiger partial charge in [-0.15, -0.1) is 5.10 Å². The summed E-state index contributed by atoms with van der Waals surface area (Å²) in [5.41, 5.74) is 4.60. The van der Waals surface area contributed by atoms with E-state index in [2.05, 4.69) is 10.3 Å². The van der Waals surface area contributed by atoms with E-state index in [4.69, 9.17) is 5.73 Å². The number of anilines is 1. The second-order valence-corrected chi connectivity index (χ2v) is 3.85. The zero-order valence-corrected chi connectivity index (χ0v) is 9.87. The Labute approximate surface area is 105 Å². The number of aromatic nitrogens is 3. The predicted octanol–water partition coefficient (Wildman–Crippen LogP) is 2.57. The molecule has 0 fully saturated rings. The first kappa shape index (κ1) is 13.3. The highest BCUT2D eigenvalue weighted by molar-refractivity contribution is 5.43. The van der Waals surface area contributed by atoms with Gasteiger partial charge in [-0.3, -0.25) is 0 Å². The molecule has 0 bridgehead atoms. The summed E-state index contributed by atoms with van der Waals surface area (Å²) in [7, 11) is 0. The Bertz CT molecular complexity index is 603. The van der Waals surface area contributed by atoms with E-state index >= 15 is 0 Å². The highest BCUT2D eigenvalue weighted by Crippen LogP contribution is 2.31. The molecule has 1 aromatic heterocycles. The lowest BCUT2D eigenvalue weighted by Gasteiger charge is -2.11. The van der Waals surface area contributed by atoms with E-state index < -0.39 is 17.6 Å². The maximum Gasteiger partial charge on any atom is 0.416 e. The van der Waals surface area contributed by atoms with E-state index in [-0.39, 0.29) is 11.5 Å². The Morgan fingerprint density at radius 1 is 1.32 bits per heavy atom. The normalized spacial score (nSPS) is 11.8. The molecule has 0 radical (unpaired) electrons. The summed E-state index contributed by atoms with van der Waals surface area (Å²) in [6.07, 6.45) is -4.19. The molecule has 0 amide bonds. The number of benzene rings is 1. The fraction of sp³-hybridized carbons (Fsp3) is 0.273. The van der Waals surface area contributed by atoms with Crippen molar-refractivity contribution in [2.45, 2.75) is 19.5 Å². The third-order valence-corrected chi connectivity index (χ3v) is 2.63. The fourth-order valence-electron chi connectivity index (χ4n) is 1.69. The first-order valence-corrected chi connectivity index (χ1v) is 5.41. The number of hydrogen-bond donors (Lipinski definition) is 1. The van der Waals surface area contributed by atoms with Crippen molar-refractivity contribution in [2.75, 3.05) is 5.73 Å². The molecule has 2 N–H and O–H groups in total. The van der Waals surface area contributed by atoms with Gasteiger partial charge in [0.25, 0.3) is 0 Å². The molecule has 2 aromatic rings. The van der Waals surface area contributed by atoms with Crippen LogP contribution in [0.25, 0.3) is 5.69 Å². The standard InChI is InChI=1S/C11H10F4N4/c1-2-8-10(16)17-18-19(8)9-5-6(11(13,14)15)3-4-7(9)12/h3-5H,2,16H2,1H3. The number of nitrogens with zero attached hydrogens (tertiary/aromatic N) is 3. The first-order chi connectivity index (χ1) is 8.84. The largest absolute Gasteiger partial charge is 0.416 e. The quantitative estimate of drug-likeness (QED) is 0.856. The minimum absolute atomic E-state index is 0.0688. The number of nitrogen functional groups attached to an aromatic ring is 1. The number of alkyl halides is 3. The van der Waals surface area contributed by atoms with E-state index in [9.17, 15) is 17.6 Å². The molecule has 1 heterocycles. The van der Waals surface area contributed by atoms with Gasteiger partial charge in [0.15, 0.2) is 5.82 Å². The summed E-state index contributed by atoms with van der Waals surface area (Å²) in [4.78, 5) is 0. The average molecular weight is 274 g/mol. The van der Waals surface area contributed by atoms with Gasteiger partial charge in [0.1, 0.15) is 11.5 Å². The van der Waals surface area contributed by atoms with Gasteiger partial charge in [0.05, 0.1) is 11.3 Å². The summed E-state index contributed by atoms with van der Waals surface area (Å²) in [6.45, 7) is 1.72. The van der Waals surface area contributed by atoms with Crippen LogP contribution in [0.3, 0.4) is 0 Å². The third-order valence-electron chi connectivity index (χ3n) is 2.63. The van der Waals surface area contributed by atoms with Gasteiger partial charge in [0, 0.05) is 0 Å². The third kappa shape index (κ3) is 2.38. The molecule has 0 aliphatic heterocycles. The molecule has 2 rings (SSSR count). The lowest BCUT2D eigenvalue weighted by Crippen LogP contribution is -2.10. The number of hydrogen-bond acceptors (Lipinski definition) is 3. The molecule has 8 heteroatoms. The van der Waals surface area contributed by atoms with Crippen LogP contribution in [0.4, 0.5) is 23.4 Å². The lowest BCUT2D eigenvalue weighted by molar-refractivity contribution is -0.137. The Balaban J connectivity index is 2.61. The first-order valence-electron chi connectivity index (χ1n) is 5.41. The lowest BCUT2D eigenvalue weighted by atomic mass is 10.2. The summed E-state index contributed by atoms with van der Waals surface area (Å²) in [6, 6.07) is 2.10. The number of rotatable bonds is 2. The molecule has 0 aliphatic rings. The Morgan fingerprint density at radius 3 is 2.58 bits per heavy atom. The van der Waals surface area contributed by atoms with Crippen molar-refractivity contribution < 1.29 is 17.6 Å². The molecule has 0 atom stereocenters. The molecule has 102 valence electrons. The molecule has 4 nitrogen and oxygen atoms in total. The van der Waals surface area contributed by atoms with Crippen molar-refractivity contribution in [3.8, 4) is 5.69 Å². The number of nitrogens with two attached hydrogens (primary N) is 1. The smallest absolute Gasteiger partial charge is 0.381 e. The maximum absolute atomic E-state index is 13.7. The molecule has 0 saturated carbocycles. The van der Waals surface area contributed by atoms with Crippen molar-refractivity contribution in [3.63, 3.8) is 0 Å². The van der Waals surface area contributed by atoms with Crippen LogP contribution in [0, 0.1) is 5.82 Å². The zero-order chi connectivity index (χ0) is 14.2. The van der Waals surface area contributed by atoms with Crippen LogP contribution in [0.15, 0.2) is 18.2 Å². The minimum atomic E-state index is -4.55. The van der Waals surface area contributed by atoms with Crippen LogP contribution in [-0.4, -0.2) is 15.0 Å². The van der Waals surface area contributed by atoms with Crippen LogP contribution in [0.5, 0.6) is 0 Å². The molecule has 19 heavy (non-hydrogen) atoms. The van der Waals surface area contributed by atoms with Crippen molar-refractivity contribution in [1.82, 2.24) is 15.0 Å². The van der Waals surface area contributed by atoms with Crippen molar-refractivity contribution in [2.24, 2.45) is 0 Å². The summed E-state index contributed by atoms with van der Waals surface area (Å²) < 4.78 is 52.5. The topological polar surface area (TPSA) is 56.7 Å². The van der Waals surface area contributed by atoms with Crippen molar-refractivity contribution >= 4 is 5.82 Å². The van der Waals surface area contributed by atoms with Crippen molar-refractivity contribution in [3.05, 3.63) is 35.3 Å². The highest BCUT2D eigenvalue weighted by Gasteiger charge is 2.31. The van der Waals surface area contributed by atoms with Crippen molar-refractivity contribution in [1.29, 1.82) is 0 Å². The predicted molar refractivity (Wildman–Crippen MR) is 60.1 cm³/mol. The molecular formula is C11H10F4N4. The second-order valence-electron chi connectivity index (χ2n) is 3.85.